The van der Waals surface area contributed by atoms with Crippen LogP contribution >= 0.6 is 0 Å². The summed E-state index contributed by atoms with van der Waals surface area (Å²) < 4.78 is 36.6. The van der Waals surface area contributed by atoms with E-state index in [1.54, 1.807) is 49.6 Å². The van der Waals surface area contributed by atoms with E-state index < -0.39 is 22.0 Å². The van der Waals surface area contributed by atoms with Crippen molar-refractivity contribution in [1.82, 2.24) is 5.32 Å². The molecule has 0 saturated heterocycles. The van der Waals surface area contributed by atoms with E-state index in [-0.39, 0.29) is 12.5 Å². The van der Waals surface area contributed by atoms with Gasteiger partial charge in [-0.2, -0.15) is 0 Å². The predicted octanol–water partition coefficient (Wildman–Crippen LogP) is 1.93. The summed E-state index contributed by atoms with van der Waals surface area (Å²) in [6.45, 7) is 2.62. The van der Waals surface area contributed by atoms with Crippen LogP contribution in [-0.2, 0) is 19.6 Å². The van der Waals surface area contributed by atoms with Gasteiger partial charge in [0.2, 0.25) is 10.0 Å². The average molecular weight is 462 g/mol. The molecule has 0 radical (unpaired) electrons. The van der Waals surface area contributed by atoms with Crippen molar-refractivity contribution in [3.8, 4) is 5.75 Å². The van der Waals surface area contributed by atoms with Crippen molar-refractivity contribution in [1.29, 1.82) is 0 Å². The molecule has 0 aromatic heterocycles. The smallest absolute Gasteiger partial charge is 0.267 e. The van der Waals surface area contributed by atoms with Crippen molar-refractivity contribution in [3.63, 3.8) is 0 Å². The van der Waals surface area contributed by atoms with Gasteiger partial charge in [0.25, 0.3) is 11.8 Å². The zero-order valence-electron chi connectivity index (χ0n) is 18.3. The van der Waals surface area contributed by atoms with Gasteiger partial charge in [0.05, 0.1) is 29.7 Å². The maximum absolute atomic E-state index is 13.0. The number of anilines is 2. The van der Waals surface area contributed by atoms with Crippen LogP contribution in [0.15, 0.2) is 42.5 Å². The molecule has 2 amide bonds. The minimum atomic E-state index is -3.63. The highest BCUT2D eigenvalue weighted by Gasteiger charge is 2.35. The Hall–Kier alpha value is -3.11. The molecule has 0 spiro atoms. The molecule has 1 atom stereocenters. The molecular weight excluding hydrogens is 434 g/mol. The summed E-state index contributed by atoms with van der Waals surface area (Å²) in [7, 11) is -2.05. The predicted molar refractivity (Wildman–Crippen MR) is 122 cm³/mol. The second-order valence-electron chi connectivity index (χ2n) is 7.51. The lowest BCUT2D eigenvalue weighted by atomic mass is 10.1. The van der Waals surface area contributed by atoms with Gasteiger partial charge >= 0.3 is 0 Å². The summed E-state index contributed by atoms with van der Waals surface area (Å²) in [5.41, 5.74) is 1.87. The highest BCUT2D eigenvalue weighted by Crippen LogP contribution is 2.36. The molecule has 0 bridgehead atoms. The van der Waals surface area contributed by atoms with Gasteiger partial charge in [-0.05, 0) is 43.2 Å². The van der Waals surface area contributed by atoms with Crippen molar-refractivity contribution in [2.45, 2.75) is 19.4 Å². The molecule has 2 N–H and O–H groups in total. The van der Waals surface area contributed by atoms with E-state index >= 15 is 0 Å². The van der Waals surface area contributed by atoms with E-state index in [0.29, 0.717) is 42.3 Å². The molecule has 9 nitrogen and oxygen atoms in total. The lowest BCUT2D eigenvalue weighted by molar-refractivity contribution is -0.122. The first kappa shape index (κ1) is 23.6. The Morgan fingerprint density at radius 1 is 1.22 bits per heavy atom. The number of hydrogen-bond acceptors (Lipinski definition) is 6. The number of methoxy groups -OCH3 is 1. The van der Waals surface area contributed by atoms with E-state index in [1.165, 1.54) is 0 Å². The molecule has 0 aliphatic carbocycles. The van der Waals surface area contributed by atoms with Gasteiger partial charge in [-0.15, -0.1) is 0 Å². The molecular formula is C22H27N3O6S. The molecule has 10 heteroatoms. The fraction of sp³-hybridized carbons (Fsp3) is 0.364. The Morgan fingerprint density at radius 2 is 1.97 bits per heavy atom. The number of sulfonamides is 1. The van der Waals surface area contributed by atoms with Crippen molar-refractivity contribution < 1.29 is 27.5 Å². The molecule has 32 heavy (non-hydrogen) atoms. The van der Waals surface area contributed by atoms with Crippen LogP contribution in [0.3, 0.4) is 0 Å². The van der Waals surface area contributed by atoms with E-state index in [4.69, 9.17) is 9.47 Å². The van der Waals surface area contributed by atoms with Crippen molar-refractivity contribution >= 4 is 33.2 Å². The molecule has 0 fully saturated rings. The lowest BCUT2D eigenvalue weighted by Crippen LogP contribution is -2.48. The quantitative estimate of drug-likeness (QED) is 0.581. The lowest BCUT2D eigenvalue weighted by Gasteiger charge is -2.34. The van der Waals surface area contributed by atoms with Gasteiger partial charge in [0.15, 0.2) is 6.10 Å². The van der Waals surface area contributed by atoms with Crippen LogP contribution in [0.25, 0.3) is 0 Å². The number of aryl methyl sites for hydroxylation is 1. The number of carbonyl (C=O) groups excluding carboxylic acids is 2. The molecule has 1 aliphatic rings. The Bertz CT molecular complexity index is 1100. The Morgan fingerprint density at radius 3 is 2.69 bits per heavy atom. The first-order valence-corrected chi connectivity index (χ1v) is 12.0. The zero-order valence-corrected chi connectivity index (χ0v) is 19.1. The van der Waals surface area contributed by atoms with Crippen LogP contribution in [0.4, 0.5) is 11.4 Å². The molecule has 2 aromatic carbocycles. The second kappa shape index (κ2) is 10.0. The average Bonchev–Trinajstić information content (AvgIpc) is 2.75. The third kappa shape index (κ3) is 5.57. The van der Waals surface area contributed by atoms with Gasteiger partial charge in [-0.25, -0.2) is 8.42 Å². The molecule has 1 aliphatic heterocycles. The Kier molecular flexibility index (Phi) is 7.37. The Labute approximate surface area is 187 Å². The zero-order chi connectivity index (χ0) is 23.3. The number of para-hydroxylation sites is 1. The first-order chi connectivity index (χ1) is 15.2. The van der Waals surface area contributed by atoms with Gasteiger partial charge < -0.3 is 20.1 Å². The topological polar surface area (TPSA) is 114 Å². The first-order valence-electron chi connectivity index (χ1n) is 10.1. The van der Waals surface area contributed by atoms with Crippen molar-refractivity contribution in [3.05, 3.63) is 53.6 Å². The normalized spacial score (nSPS) is 15.5. The summed E-state index contributed by atoms with van der Waals surface area (Å²) in [5, 5.41) is 5.49. The number of rotatable bonds is 8. The highest BCUT2D eigenvalue weighted by atomic mass is 32.2. The number of nitrogens with zero attached hydrogens (tertiary/aromatic N) is 1. The van der Waals surface area contributed by atoms with E-state index in [9.17, 15) is 18.0 Å². The minimum absolute atomic E-state index is 0.174. The number of amides is 2. The SMILES string of the molecule is COCCCNC(=O)c1ccccc1NC(=O)C1CN(S(C)(=O)=O)c2cc(C)ccc2O1. The van der Waals surface area contributed by atoms with Crippen LogP contribution in [-0.4, -0.2) is 59.4 Å². The number of fused-ring (bicyclic) bond motifs is 1. The third-order valence-corrected chi connectivity index (χ3v) is 6.06. The van der Waals surface area contributed by atoms with Crippen LogP contribution in [0, 0.1) is 6.92 Å². The summed E-state index contributed by atoms with van der Waals surface area (Å²) in [4.78, 5) is 25.5. The number of hydrogen-bond donors (Lipinski definition) is 2. The van der Waals surface area contributed by atoms with Crippen molar-refractivity contribution in [2.24, 2.45) is 0 Å². The van der Waals surface area contributed by atoms with Crippen LogP contribution in [0.1, 0.15) is 22.3 Å². The van der Waals surface area contributed by atoms with E-state index in [2.05, 4.69) is 10.6 Å². The van der Waals surface area contributed by atoms with Crippen LogP contribution < -0.4 is 19.7 Å². The standard InChI is InChI=1S/C22H27N3O6S/c1-15-9-10-19-18(13-15)25(32(3,28)29)14-20(31-19)22(27)24-17-8-5-4-7-16(17)21(26)23-11-6-12-30-2/h4-5,7-10,13,20H,6,11-12,14H2,1-3H3,(H,23,26)(H,24,27). The third-order valence-electron chi connectivity index (χ3n) is 4.92. The maximum Gasteiger partial charge on any atom is 0.267 e. The highest BCUT2D eigenvalue weighted by molar-refractivity contribution is 7.92. The van der Waals surface area contributed by atoms with Gasteiger partial charge in [0, 0.05) is 20.3 Å². The second-order valence-corrected chi connectivity index (χ2v) is 9.42. The fourth-order valence-corrected chi connectivity index (χ4v) is 4.24. The molecule has 2 aromatic rings. The van der Waals surface area contributed by atoms with Crippen LogP contribution in [0.5, 0.6) is 5.75 Å². The van der Waals surface area contributed by atoms with Gasteiger partial charge in [0.1, 0.15) is 5.75 Å². The molecule has 172 valence electrons. The van der Waals surface area contributed by atoms with Gasteiger partial charge in [-0.3, -0.25) is 13.9 Å². The van der Waals surface area contributed by atoms with Crippen molar-refractivity contribution in [2.75, 3.05) is 42.7 Å². The molecule has 0 saturated carbocycles. The minimum Gasteiger partial charge on any atom is -0.476 e. The fourth-order valence-electron chi connectivity index (χ4n) is 3.33. The monoisotopic (exact) mass is 461 g/mol. The summed E-state index contributed by atoms with van der Waals surface area (Å²) in [5.74, 6) is -0.582. The molecule has 1 heterocycles. The summed E-state index contributed by atoms with van der Waals surface area (Å²) in [6, 6.07) is 11.7. The van der Waals surface area contributed by atoms with E-state index in [0.717, 1.165) is 16.1 Å². The summed E-state index contributed by atoms with van der Waals surface area (Å²) >= 11 is 0. The largest absolute Gasteiger partial charge is 0.476 e. The molecule has 3 rings (SSSR count). The number of nitrogens with one attached hydrogen (secondary N) is 2. The number of carbonyl (C=O) groups is 2. The number of benzene rings is 2. The summed E-state index contributed by atoms with van der Waals surface area (Å²) in [6.07, 6.45) is 0.660. The Balaban J connectivity index is 1.78. The van der Waals surface area contributed by atoms with Crippen LogP contribution in [0.2, 0.25) is 0 Å². The van der Waals surface area contributed by atoms with Gasteiger partial charge in [-0.1, -0.05) is 18.2 Å². The number of ether oxygens (including phenoxy) is 2. The van der Waals surface area contributed by atoms with E-state index in [1.807, 2.05) is 6.92 Å². The molecule has 1 unspecified atom stereocenters. The maximum atomic E-state index is 13.0.